The molecule has 0 aliphatic heterocycles. The Morgan fingerprint density at radius 1 is 1.25 bits per heavy atom. The van der Waals surface area contributed by atoms with Gasteiger partial charge in [0.05, 0.1) is 26.0 Å². The van der Waals surface area contributed by atoms with Gasteiger partial charge in [0.1, 0.15) is 0 Å². The maximum atomic E-state index is 11.7. The van der Waals surface area contributed by atoms with Crippen LogP contribution in [0.5, 0.6) is 0 Å². The SMILES string of the molecule is COC(=O)CN(Cc1ccccc1)Cn1ccc(-c2ccsc2)n1. The summed E-state index contributed by atoms with van der Waals surface area (Å²) in [6.45, 7) is 1.40. The maximum Gasteiger partial charge on any atom is 0.319 e. The fourth-order valence-corrected chi connectivity index (χ4v) is 3.10. The number of rotatable bonds is 7. The number of ether oxygens (including phenoxy) is 1. The van der Waals surface area contributed by atoms with Crippen molar-refractivity contribution in [3.63, 3.8) is 0 Å². The van der Waals surface area contributed by atoms with Gasteiger partial charge in [0.2, 0.25) is 0 Å². The van der Waals surface area contributed by atoms with Crippen LogP contribution in [0.1, 0.15) is 5.56 Å². The zero-order valence-electron chi connectivity index (χ0n) is 13.5. The molecule has 0 aliphatic rings. The minimum absolute atomic E-state index is 0.221. The molecule has 3 rings (SSSR count). The van der Waals surface area contributed by atoms with E-state index >= 15 is 0 Å². The summed E-state index contributed by atoms with van der Waals surface area (Å²) in [5.41, 5.74) is 3.20. The number of thiophene rings is 1. The Morgan fingerprint density at radius 3 is 2.79 bits per heavy atom. The quantitative estimate of drug-likeness (QED) is 0.619. The number of hydrogen-bond acceptors (Lipinski definition) is 5. The van der Waals surface area contributed by atoms with Crippen LogP contribution in [-0.2, 0) is 22.7 Å². The van der Waals surface area contributed by atoms with Crippen LogP contribution in [-0.4, -0.2) is 34.3 Å². The summed E-state index contributed by atoms with van der Waals surface area (Å²) >= 11 is 1.65. The molecule has 24 heavy (non-hydrogen) atoms. The molecule has 0 unspecified atom stereocenters. The highest BCUT2D eigenvalue weighted by molar-refractivity contribution is 7.08. The summed E-state index contributed by atoms with van der Waals surface area (Å²) in [7, 11) is 1.41. The molecule has 124 valence electrons. The van der Waals surface area contributed by atoms with E-state index in [1.807, 2.05) is 63.6 Å². The van der Waals surface area contributed by atoms with Crippen molar-refractivity contribution in [3.8, 4) is 11.3 Å². The van der Waals surface area contributed by atoms with Crippen molar-refractivity contribution in [1.82, 2.24) is 14.7 Å². The second-order valence-electron chi connectivity index (χ2n) is 5.44. The number of esters is 1. The van der Waals surface area contributed by atoms with E-state index in [1.165, 1.54) is 7.11 Å². The molecular formula is C18H19N3O2S. The van der Waals surface area contributed by atoms with E-state index in [-0.39, 0.29) is 12.5 Å². The first-order valence-corrected chi connectivity index (χ1v) is 8.58. The maximum absolute atomic E-state index is 11.7. The highest BCUT2D eigenvalue weighted by Gasteiger charge is 2.13. The largest absolute Gasteiger partial charge is 0.468 e. The van der Waals surface area contributed by atoms with Gasteiger partial charge in [-0.2, -0.15) is 16.4 Å². The van der Waals surface area contributed by atoms with Crippen LogP contribution in [0.3, 0.4) is 0 Å². The van der Waals surface area contributed by atoms with Crippen molar-refractivity contribution in [2.45, 2.75) is 13.2 Å². The number of carbonyl (C=O) groups excluding carboxylic acids is 1. The van der Waals surface area contributed by atoms with Crippen molar-refractivity contribution in [3.05, 3.63) is 65.0 Å². The molecule has 0 saturated heterocycles. The molecule has 0 fully saturated rings. The second-order valence-corrected chi connectivity index (χ2v) is 6.22. The first-order chi connectivity index (χ1) is 11.7. The van der Waals surface area contributed by atoms with Crippen LogP contribution in [0.2, 0.25) is 0 Å². The standard InChI is InChI=1S/C18H19N3O2S/c1-23-18(22)12-20(11-15-5-3-2-4-6-15)14-21-9-7-17(19-21)16-8-10-24-13-16/h2-10,13H,11-12,14H2,1H3. The highest BCUT2D eigenvalue weighted by atomic mass is 32.1. The number of hydrogen-bond donors (Lipinski definition) is 0. The second kappa shape index (κ2) is 7.90. The summed E-state index contributed by atoms with van der Waals surface area (Å²) in [4.78, 5) is 13.7. The van der Waals surface area contributed by atoms with E-state index < -0.39 is 0 Å². The monoisotopic (exact) mass is 341 g/mol. The third kappa shape index (κ3) is 4.31. The zero-order chi connectivity index (χ0) is 16.8. The average Bonchev–Trinajstić information content (AvgIpc) is 3.26. The summed E-state index contributed by atoms with van der Waals surface area (Å²) in [5, 5.41) is 8.70. The predicted octanol–water partition coefficient (Wildman–Crippen LogP) is 3.24. The van der Waals surface area contributed by atoms with Crippen molar-refractivity contribution in [1.29, 1.82) is 0 Å². The molecule has 6 heteroatoms. The molecule has 0 radical (unpaired) electrons. The van der Waals surface area contributed by atoms with E-state index in [0.717, 1.165) is 16.8 Å². The number of aromatic nitrogens is 2. The molecule has 3 aromatic rings. The zero-order valence-corrected chi connectivity index (χ0v) is 14.3. The van der Waals surface area contributed by atoms with E-state index in [1.54, 1.807) is 11.3 Å². The molecular weight excluding hydrogens is 322 g/mol. The van der Waals surface area contributed by atoms with Crippen molar-refractivity contribution < 1.29 is 9.53 Å². The topological polar surface area (TPSA) is 47.4 Å². The van der Waals surface area contributed by atoms with Gasteiger partial charge in [-0.05, 0) is 23.1 Å². The lowest BCUT2D eigenvalue weighted by Gasteiger charge is -2.21. The minimum atomic E-state index is -0.254. The Kier molecular flexibility index (Phi) is 5.40. The molecule has 0 bridgehead atoms. The molecule has 0 N–H and O–H groups in total. The summed E-state index contributed by atoms with van der Waals surface area (Å²) in [6, 6.07) is 14.1. The van der Waals surface area contributed by atoms with Gasteiger partial charge in [0.15, 0.2) is 0 Å². The van der Waals surface area contributed by atoms with E-state index in [4.69, 9.17) is 4.74 Å². The van der Waals surface area contributed by atoms with Crippen LogP contribution in [0.25, 0.3) is 11.3 Å². The van der Waals surface area contributed by atoms with Crippen molar-refractivity contribution in [2.75, 3.05) is 13.7 Å². The van der Waals surface area contributed by atoms with Gasteiger partial charge in [-0.25, -0.2) is 0 Å². The molecule has 1 aromatic carbocycles. The molecule has 0 aliphatic carbocycles. The normalized spacial score (nSPS) is 10.9. The summed E-state index contributed by atoms with van der Waals surface area (Å²) in [6.07, 6.45) is 1.93. The Labute approximate surface area is 145 Å². The Balaban J connectivity index is 1.72. The Hall–Kier alpha value is -2.44. The van der Waals surface area contributed by atoms with E-state index in [9.17, 15) is 4.79 Å². The van der Waals surface area contributed by atoms with Gasteiger partial charge in [0, 0.05) is 23.7 Å². The molecule has 0 saturated carbocycles. The lowest BCUT2D eigenvalue weighted by Crippen LogP contribution is -2.32. The molecule has 0 atom stereocenters. The summed E-state index contributed by atoms with van der Waals surface area (Å²) in [5.74, 6) is -0.254. The number of nitrogens with zero attached hydrogens (tertiary/aromatic N) is 3. The predicted molar refractivity (Wildman–Crippen MR) is 94.4 cm³/mol. The minimum Gasteiger partial charge on any atom is -0.468 e. The van der Waals surface area contributed by atoms with Crippen LogP contribution >= 0.6 is 11.3 Å². The molecule has 5 nitrogen and oxygen atoms in total. The average molecular weight is 341 g/mol. The van der Waals surface area contributed by atoms with Crippen molar-refractivity contribution >= 4 is 17.3 Å². The van der Waals surface area contributed by atoms with Gasteiger partial charge >= 0.3 is 5.97 Å². The number of methoxy groups -OCH3 is 1. The fraction of sp³-hybridized carbons (Fsp3) is 0.222. The summed E-state index contributed by atoms with van der Waals surface area (Å²) < 4.78 is 6.66. The third-order valence-electron chi connectivity index (χ3n) is 3.63. The van der Waals surface area contributed by atoms with Gasteiger partial charge in [0.25, 0.3) is 0 Å². The van der Waals surface area contributed by atoms with E-state index in [2.05, 4.69) is 10.5 Å². The molecule has 2 heterocycles. The Morgan fingerprint density at radius 2 is 2.08 bits per heavy atom. The molecule has 0 spiro atoms. The molecule has 2 aromatic heterocycles. The molecule has 0 amide bonds. The fourth-order valence-electron chi connectivity index (χ4n) is 2.45. The first-order valence-electron chi connectivity index (χ1n) is 7.64. The Bertz CT molecular complexity index is 769. The van der Waals surface area contributed by atoms with Gasteiger partial charge < -0.3 is 4.74 Å². The third-order valence-corrected chi connectivity index (χ3v) is 4.32. The lowest BCUT2D eigenvalue weighted by atomic mass is 10.2. The van der Waals surface area contributed by atoms with Crippen LogP contribution in [0.4, 0.5) is 0 Å². The van der Waals surface area contributed by atoms with Gasteiger partial charge in [-0.15, -0.1) is 0 Å². The highest BCUT2D eigenvalue weighted by Crippen LogP contribution is 2.19. The first kappa shape index (κ1) is 16.4. The van der Waals surface area contributed by atoms with Crippen LogP contribution < -0.4 is 0 Å². The van der Waals surface area contributed by atoms with Crippen molar-refractivity contribution in [2.24, 2.45) is 0 Å². The van der Waals surface area contributed by atoms with Gasteiger partial charge in [-0.3, -0.25) is 14.4 Å². The van der Waals surface area contributed by atoms with E-state index in [0.29, 0.717) is 13.2 Å². The lowest BCUT2D eigenvalue weighted by molar-refractivity contribution is -0.142. The van der Waals surface area contributed by atoms with Crippen LogP contribution in [0, 0.1) is 0 Å². The van der Waals surface area contributed by atoms with Crippen LogP contribution in [0.15, 0.2) is 59.4 Å². The number of carbonyl (C=O) groups is 1. The smallest absolute Gasteiger partial charge is 0.319 e. The van der Waals surface area contributed by atoms with Gasteiger partial charge in [-0.1, -0.05) is 30.3 Å². The number of benzene rings is 1.